The molecule has 0 atom stereocenters. The first-order chi connectivity index (χ1) is 7.78. The van der Waals surface area contributed by atoms with E-state index in [2.05, 4.69) is 0 Å². The molecule has 0 unspecified atom stereocenters. The first-order valence-electron chi connectivity index (χ1n) is 4.69. The molecule has 0 aliphatic rings. The van der Waals surface area contributed by atoms with Crippen LogP contribution in [0.1, 0.15) is 5.56 Å². The largest absolute Gasteiger partial charge is 0.457 e. The Morgan fingerprint density at radius 2 is 1.69 bits per heavy atom. The average Bonchev–Trinajstić information content (AvgIpc) is 2.29. The van der Waals surface area contributed by atoms with Gasteiger partial charge in [0.05, 0.1) is 0 Å². The summed E-state index contributed by atoms with van der Waals surface area (Å²) in [4.78, 5) is 10.4. The van der Waals surface area contributed by atoms with Crippen LogP contribution >= 0.6 is 0 Å². The van der Waals surface area contributed by atoms with Crippen molar-refractivity contribution in [2.24, 2.45) is 0 Å². The molecule has 0 amide bonds. The molecule has 0 aliphatic heterocycles. The van der Waals surface area contributed by atoms with Crippen LogP contribution in [0.25, 0.3) is 0 Å². The summed E-state index contributed by atoms with van der Waals surface area (Å²) in [7, 11) is 0. The molecule has 0 bridgehead atoms. The van der Waals surface area contributed by atoms with E-state index in [1.807, 2.05) is 0 Å². The second kappa shape index (κ2) is 4.57. The predicted molar refractivity (Wildman–Crippen MR) is 57.7 cm³/mol. The maximum absolute atomic E-state index is 12.9. The van der Waals surface area contributed by atoms with Gasteiger partial charge in [-0.1, -0.05) is 18.2 Å². The summed E-state index contributed by atoms with van der Waals surface area (Å²) >= 11 is 0. The Morgan fingerprint density at radius 3 is 2.38 bits per heavy atom. The number of ether oxygens (including phenoxy) is 1. The number of hydrogen-bond donors (Lipinski definition) is 0. The first-order valence-corrected chi connectivity index (χ1v) is 4.69. The van der Waals surface area contributed by atoms with E-state index in [9.17, 15) is 9.18 Å². The summed E-state index contributed by atoms with van der Waals surface area (Å²) in [5.41, 5.74) is 0.397. The van der Waals surface area contributed by atoms with Crippen molar-refractivity contribution in [2.75, 3.05) is 0 Å². The van der Waals surface area contributed by atoms with Crippen molar-refractivity contribution in [3.8, 4) is 11.5 Å². The SMILES string of the molecule is O=[C]c1cccc(Oc2cccc(F)c2)c1. The Kier molecular flexibility index (Phi) is 2.96. The van der Waals surface area contributed by atoms with Gasteiger partial charge in [0.1, 0.15) is 17.3 Å². The summed E-state index contributed by atoms with van der Waals surface area (Å²) < 4.78 is 18.3. The van der Waals surface area contributed by atoms with Crippen LogP contribution in [-0.2, 0) is 4.79 Å². The van der Waals surface area contributed by atoms with Gasteiger partial charge in [0.15, 0.2) is 0 Å². The Morgan fingerprint density at radius 1 is 1.00 bits per heavy atom. The number of benzene rings is 2. The molecule has 3 heteroatoms. The van der Waals surface area contributed by atoms with E-state index in [0.29, 0.717) is 17.1 Å². The van der Waals surface area contributed by atoms with Crippen LogP contribution in [0.4, 0.5) is 4.39 Å². The minimum Gasteiger partial charge on any atom is -0.457 e. The molecule has 1 radical (unpaired) electrons. The summed E-state index contributed by atoms with van der Waals surface area (Å²) in [6.45, 7) is 0. The zero-order valence-electron chi connectivity index (χ0n) is 8.31. The molecule has 2 aromatic carbocycles. The lowest BCUT2D eigenvalue weighted by Crippen LogP contribution is -1.87. The molecule has 0 fully saturated rings. The topological polar surface area (TPSA) is 26.3 Å². The molecular formula is C13H8FO2. The van der Waals surface area contributed by atoms with Crippen LogP contribution in [0.5, 0.6) is 11.5 Å². The molecule has 0 saturated heterocycles. The highest BCUT2D eigenvalue weighted by molar-refractivity contribution is 5.75. The first kappa shape index (κ1) is 10.4. The van der Waals surface area contributed by atoms with Crippen molar-refractivity contribution in [1.29, 1.82) is 0 Å². The van der Waals surface area contributed by atoms with E-state index in [1.54, 1.807) is 36.6 Å². The molecular weight excluding hydrogens is 207 g/mol. The number of hydrogen-bond acceptors (Lipinski definition) is 2. The average molecular weight is 215 g/mol. The van der Waals surface area contributed by atoms with Gasteiger partial charge in [-0.25, -0.2) is 4.39 Å². The van der Waals surface area contributed by atoms with Crippen LogP contribution < -0.4 is 4.74 Å². The van der Waals surface area contributed by atoms with Gasteiger partial charge in [-0.05, 0) is 24.3 Å². The smallest absolute Gasteiger partial charge is 0.233 e. The quantitative estimate of drug-likeness (QED) is 0.786. The van der Waals surface area contributed by atoms with E-state index in [1.165, 1.54) is 18.2 Å². The molecule has 0 spiro atoms. The molecule has 2 rings (SSSR count). The number of rotatable bonds is 3. The third-order valence-electron chi connectivity index (χ3n) is 1.98. The monoisotopic (exact) mass is 215 g/mol. The molecule has 0 aromatic heterocycles. The van der Waals surface area contributed by atoms with Crippen molar-refractivity contribution >= 4 is 6.29 Å². The summed E-state index contributed by atoms with van der Waals surface area (Å²) in [6, 6.07) is 12.3. The molecule has 0 heterocycles. The fraction of sp³-hybridized carbons (Fsp3) is 0. The van der Waals surface area contributed by atoms with Gasteiger partial charge in [0.2, 0.25) is 6.29 Å². The van der Waals surface area contributed by atoms with E-state index < -0.39 is 0 Å². The van der Waals surface area contributed by atoms with E-state index in [4.69, 9.17) is 4.74 Å². The molecule has 2 nitrogen and oxygen atoms in total. The van der Waals surface area contributed by atoms with Crippen LogP contribution in [-0.4, -0.2) is 6.29 Å². The van der Waals surface area contributed by atoms with Crippen molar-refractivity contribution < 1.29 is 13.9 Å². The highest BCUT2D eigenvalue weighted by Gasteiger charge is 2.00. The normalized spacial score (nSPS) is 9.81. The second-order valence-corrected chi connectivity index (χ2v) is 3.19. The van der Waals surface area contributed by atoms with Crippen molar-refractivity contribution in [1.82, 2.24) is 0 Å². The van der Waals surface area contributed by atoms with Gasteiger partial charge in [-0.3, -0.25) is 4.79 Å². The lowest BCUT2D eigenvalue weighted by Gasteiger charge is -2.05. The van der Waals surface area contributed by atoms with Gasteiger partial charge >= 0.3 is 0 Å². The van der Waals surface area contributed by atoms with Crippen molar-refractivity contribution in [2.45, 2.75) is 0 Å². The Labute approximate surface area is 92.3 Å². The highest BCUT2D eigenvalue weighted by atomic mass is 19.1. The lowest BCUT2D eigenvalue weighted by atomic mass is 10.2. The third-order valence-corrected chi connectivity index (χ3v) is 1.98. The summed E-state index contributed by atoms with van der Waals surface area (Å²) in [5.74, 6) is 0.505. The van der Waals surface area contributed by atoms with Crippen molar-refractivity contribution in [3.63, 3.8) is 0 Å². The van der Waals surface area contributed by atoms with Crippen LogP contribution in [0.3, 0.4) is 0 Å². The predicted octanol–water partition coefficient (Wildman–Crippen LogP) is 3.08. The molecule has 16 heavy (non-hydrogen) atoms. The Hall–Kier alpha value is -2.16. The maximum Gasteiger partial charge on any atom is 0.233 e. The van der Waals surface area contributed by atoms with Gasteiger partial charge < -0.3 is 4.74 Å². The molecule has 0 N–H and O–H groups in total. The Bertz CT molecular complexity index is 509. The zero-order chi connectivity index (χ0) is 11.4. The minimum absolute atomic E-state index is 0.365. The van der Waals surface area contributed by atoms with Gasteiger partial charge in [-0.15, -0.1) is 0 Å². The summed E-state index contributed by atoms with van der Waals surface area (Å²) in [6.07, 6.45) is 1.76. The zero-order valence-corrected chi connectivity index (χ0v) is 8.31. The highest BCUT2D eigenvalue weighted by Crippen LogP contribution is 2.22. The van der Waals surface area contributed by atoms with Crippen LogP contribution in [0, 0.1) is 5.82 Å². The molecule has 0 aliphatic carbocycles. The molecule has 79 valence electrons. The molecule has 2 aromatic rings. The van der Waals surface area contributed by atoms with E-state index in [-0.39, 0.29) is 5.82 Å². The number of halogens is 1. The standard InChI is InChI=1S/C13H8FO2/c14-11-4-2-6-13(8-11)16-12-5-1-3-10(7-12)9-15/h1-8H. The Balaban J connectivity index is 2.23. The maximum atomic E-state index is 12.9. The lowest BCUT2D eigenvalue weighted by molar-refractivity contribution is 0.476. The van der Waals surface area contributed by atoms with Crippen molar-refractivity contribution in [3.05, 3.63) is 59.9 Å². The third kappa shape index (κ3) is 2.45. The van der Waals surface area contributed by atoms with Crippen LogP contribution in [0.15, 0.2) is 48.5 Å². The summed E-state index contributed by atoms with van der Waals surface area (Å²) in [5, 5.41) is 0. The second-order valence-electron chi connectivity index (χ2n) is 3.19. The van der Waals surface area contributed by atoms with Gasteiger partial charge in [-0.2, -0.15) is 0 Å². The van der Waals surface area contributed by atoms with E-state index in [0.717, 1.165) is 0 Å². The van der Waals surface area contributed by atoms with Crippen LogP contribution in [0.2, 0.25) is 0 Å². The fourth-order valence-corrected chi connectivity index (χ4v) is 1.29. The number of carbonyl (C=O) groups excluding carboxylic acids is 1. The minimum atomic E-state index is -0.365. The van der Waals surface area contributed by atoms with Gasteiger partial charge in [0.25, 0.3) is 0 Å². The van der Waals surface area contributed by atoms with Gasteiger partial charge in [0, 0.05) is 11.6 Å². The molecule has 0 saturated carbocycles. The van der Waals surface area contributed by atoms with E-state index >= 15 is 0 Å². The fourth-order valence-electron chi connectivity index (χ4n) is 1.29.